The molecular formula is C11H23NO. The Bertz CT molecular complexity index is 137. The molecule has 0 saturated carbocycles. The Morgan fingerprint density at radius 2 is 1.77 bits per heavy atom. The van der Waals surface area contributed by atoms with E-state index in [-0.39, 0.29) is 0 Å². The Kier molecular flexibility index (Phi) is 4.20. The molecule has 0 aliphatic carbocycles. The summed E-state index contributed by atoms with van der Waals surface area (Å²) in [6.45, 7) is 9.96. The maximum Gasteiger partial charge on any atom is 0.0565 e. The minimum atomic E-state index is 0.424. The lowest BCUT2D eigenvalue weighted by Gasteiger charge is -2.33. The molecule has 1 fully saturated rings. The summed E-state index contributed by atoms with van der Waals surface area (Å²) >= 11 is 0. The Morgan fingerprint density at radius 1 is 1.23 bits per heavy atom. The fraction of sp³-hybridized carbons (Fsp3) is 1.00. The lowest BCUT2D eigenvalue weighted by Crippen LogP contribution is -2.42. The van der Waals surface area contributed by atoms with E-state index in [1.165, 1.54) is 0 Å². The molecule has 0 radical (unpaired) electrons. The molecule has 1 aliphatic heterocycles. The second-order valence-electron chi connectivity index (χ2n) is 4.73. The highest BCUT2D eigenvalue weighted by Crippen LogP contribution is 2.18. The zero-order valence-corrected chi connectivity index (χ0v) is 9.34. The first-order valence-electron chi connectivity index (χ1n) is 5.46. The van der Waals surface area contributed by atoms with Crippen LogP contribution in [0, 0.1) is 5.92 Å². The van der Waals surface area contributed by atoms with Crippen LogP contribution < -0.4 is 5.32 Å². The van der Waals surface area contributed by atoms with Crippen LogP contribution in [0.1, 0.15) is 40.5 Å². The van der Waals surface area contributed by atoms with Gasteiger partial charge in [0.25, 0.3) is 0 Å². The minimum Gasteiger partial charge on any atom is -0.375 e. The van der Waals surface area contributed by atoms with Gasteiger partial charge in [0, 0.05) is 6.04 Å². The van der Waals surface area contributed by atoms with E-state index >= 15 is 0 Å². The highest BCUT2D eigenvalue weighted by Gasteiger charge is 2.23. The van der Waals surface area contributed by atoms with Crippen molar-refractivity contribution in [2.45, 2.75) is 58.8 Å². The second-order valence-corrected chi connectivity index (χ2v) is 4.73. The van der Waals surface area contributed by atoms with E-state index in [2.05, 4.69) is 33.0 Å². The van der Waals surface area contributed by atoms with Gasteiger partial charge in [-0.2, -0.15) is 0 Å². The first-order valence-corrected chi connectivity index (χ1v) is 5.46. The van der Waals surface area contributed by atoms with Crippen LogP contribution in [0.15, 0.2) is 0 Å². The van der Waals surface area contributed by atoms with Crippen LogP contribution in [0.5, 0.6) is 0 Å². The van der Waals surface area contributed by atoms with Gasteiger partial charge < -0.3 is 10.1 Å². The summed E-state index contributed by atoms with van der Waals surface area (Å²) < 4.78 is 5.68. The van der Waals surface area contributed by atoms with Gasteiger partial charge in [-0.1, -0.05) is 13.8 Å². The van der Waals surface area contributed by atoms with Gasteiger partial charge in [-0.3, -0.25) is 0 Å². The van der Waals surface area contributed by atoms with Crippen LogP contribution >= 0.6 is 0 Å². The van der Waals surface area contributed by atoms with E-state index < -0.39 is 0 Å². The van der Waals surface area contributed by atoms with Crippen molar-refractivity contribution in [3.63, 3.8) is 0 Å². The van der Waals surface area contributed by atoms with Crippen molar-refractivity contribution in [2.75, 3.05) is 6.54 Å². The average Bonchev–Trinajstić information content (AvgIpc) is 1.99. The standard InChI is InChI=1S/C11H23NO/c1-8(2)7-12-11-5-9(3)13-10(4)6-11/h8-12H,5-7H2,1-4H3/t9-,10+,11?. The van der Waals surface area contributed by atoms with Crippen LogP contribution in [-0.2, 0) is 4.74 Å². The molecule has 1 unspecified atom stereocenters. The lowest BCUT2D eigenvalue weighted by atomic mass is 9.99. The van der Waals surface area contributed by atoms with Crippen molar-refractivity contribution in [1.29, 1.82) is 0 Å². The third-order valence-corrected chi connectivity index (χ3v) is 2.51. The highest BCUT2D eigenvalue weighted by atomic mass is 16.5. The van der Waals surface area contributed by atoms with Crippen molar-refractivity contribution in [2.24, 2.45) is 5.92 Å². The number of ether oxygens (including phenoxy) is 1. The molecule has 0 aromatic rings. The van der Waals surface area contributed by atoms with Crippen molar-refractivity contribution in [3.05, 3.63) is 0 Å². The molecule has 78 valence electrons. The van der Waals surface area contributed by atoms with Crippen molar-refractivity contribution >= 4 is 0 Å². The summed E-state index contributed by atoms with van der Waals surface area (Å²) in [7, 11) is 0. The molecule has 0 aromatic carbocycles. The van der Waals surface area contributed by atoms with Crippen molar-refractivity contribution < 1.29 is 4.74 Å². The number of nitrogens with one attached hydrogen (secondary N) is 1. The van der Waals surface area contributed by atoms with Gasteiger partial charge in [0.05, 0.1) is 12.2 Å². The Hall–Kier alpha value is -0.0800. The molecule has 0 aromatic heterocycles. The lowest BCUT2D eigenvalue weighted by molar-refractivity contribution is -0.0423. The van der Waals surface area contributed by atoms with Gasteiger partial charge in [0.2, 0.25) is 0 Å². The van der Waals surface area contributed by atoms with Crippen LogP contribution in [0.3, 0.4) is 0 Å². The Labute approximate surface area is 82.0 Å². The zero-order valence-electron chi connectivity index (χ0n) is 9.34. The average molecular weight is 185 g/mol. The Balaban J connectivity index is 2.25. The third-order valence-electron chi connectivity index (χ3n) is 2.51. The largest absolute Gasteiger partial charge is 0.375 e. The molecule has 1 saturated heterocycles. The van der Waals surface area contributed by atoms with E-state index in [0.29, 0.717) is 18.2 Å². The van der Waals surface area contributed by atoms with Crippen LogP contribution in [0.2, 0.25) is 0 Å². The summed E-state index contributed by atoms with van der Waals surface area (Å²) in [6.07, 6.45) is 3.18. The molecule has 2 nitrogen and oxygen atoms in total. The van der Waals surface area contributed by atoms with E-state index in [1.807, 2.05) is 0 Å². The zero-order chi connectivity index (χ0) is 9.84. The number of rotatable bonds is 3. The Morgan fingerprint density at radius 3 is 2.23 bits per heavy atom. The van der Waals surface area contributed by atoms with Crippen LogP contribution in [0.4, 0.5) is 0 Å². The maximum atomic E-state index is 5.68. The molecular weight excluding hydrogens is 162 g/mol. The summed E-state index contributed by atoms with van der Waals surface area (Å²) in [4.78, 5) is 0. The van der Waals surface area contributed by atoms with Gasteiger partial charge in [-0.15, -0.1) is 0 Å². The molecule has 0 amide bonds. The molecule has 0 bridgehead atoms. The van der Waals surface area contributed by atoms with Gasteiger partial charge in [-0.25, -0.2) is 0 Å². The topological polar surface area (TPSA) is 21.3 Å². The van der Waals surface area contributed by atoms with Gasteiger partial charge >= 0.3 is 0 Å². The summed E-state index contributed by atoms with van der Waals surface area (Å²) in [6, 6.07) is 0.668. The summed E-state index contributed by atoms with van der Waals surface area (Å²) in [5.41, 5.74) is 0. The molecule has 2 heteroatoms. The van der Waals surface area contributed by atoms with E-state index in [9.17, 15) is 0 Å². The molecule has 1 aliphatic rings. The quantitative estimate of drug-likeness (QED) is 0.727. The second kappa shape index (κ2) is 4.97. The minimum absolute atomic E-state index is 0.424. The van der Waals surface area contributed by atoms with Crippen molar-refractivity contribution in [3.8, 4) is 0 Å². The first-order chi connectivity index (χ1) is 6.08. The van der Waals surface area contributed by atoms with E-state index in [4.69, 9.17) is 4.74 Å². The normalized spacial score (nSPS) is 35.3. The summed E-state index contributed by atoms with van der Waals surface area (Å²) in [5.74, 6) is 0.744. The fourth-order valence-corrected chi connectivity index (χ4v) is 1.97. The van der Waals surface area contributed by atoms with Crippen LogP contribution in [0.25, 0.3) is 0 Å². The van der Waals surface area contributed by atoms with Gasteiger partial charge in [0.1, 0.15) is 0 Å². The SMILES string of the molecule is CC(C)CNC1C[C@@H](C)O[C@@H](C)C1. The molecule has 0 spiro atoms. The predicted molar refractivity (Wildman–Crippen MR) is 55.9 cm³/mol. The predicted octanol–water partition coefficient (Wildman–Crippen LogP) is 2.19. The third kappa shape index (κ3) is 4.10. The van der Waals surface area contributed by atoms with E-state index in [1.54, 1.807) is 0 Å². The summed E-state index contributed by atoms with van der Waals surface area (Å²) in [5, 5.41) is 3.60. The van der Waals surface area contributed by atoms with Crippen molar-refractivity contribution in [1.82, 2.24) is 5.32 Å². The monoisotopic (exact) mass is 185 g/mol. The maximum absolute atomic E-state index is 5.68. The molecule has 13 heavy (non-hydrogen) atoms. The van der Waals surface area contributed by atoms with Gasteiger partial charge in [-0.05, 0) is 39.2 Å². The highest BCUT2D eigenvalue weighted by molar-refractivity contribution is 4.78. The number of hydrogen-bond acceptors (Lipinski definition) is 2. The van der Waals surface area contributed by atoms with E-state index in [0.717, 1.165) is 25.3 Å². The van der Waals surface area contributed by atoms with Gasteiger partial charge in [0.15, 0.2) is 0 Å². The number of hydrogen-bond donors (Lipinski definition) is 1. The molecule has 3 atom stereocenters. The molecule has 1 rings (SSSR count). The van der Waals surface area contributed by atoms with Crippen LogP contribution in [-0.4, -0.2) is 24.8 Å². The molecule has 1 heterocycles. The smallest absolute Gasteiger partial charge is 0.0565 e. The first kappa shape index (κ1) is 11.0. The molecule has 1 N–H and O–H groups in total. The fourth-order valence-electron chi connectivity index (χ4n) is 1.97.